The first-order valence-corrected chi connectivity index (χ1v) is 6.31. The summed E-state index contributed by atoms with van der Waals surface area (Å²) in [5.74, 6) is -0.571. The molecule has 0 N–H and O–H groups in total. The van der Waals surface area contributed by atoms with E-state index in [2.05, 4.69) is 10.1 Å². The van der Waals surface area contributed by atoms with Gasteiger partial charge in [-0.1, -0.05) is 0 Å². The number of aromatic nitrogens is 3. The van der Waals surface area contributed by atoms with Crippen LogP contribution in [0.4, 0.5) is 13.2 Å². The first kappa shape index (κ1) is 15.3. The summed E-state index contributed by atoms with van der Waals surface area (Å²) in [6.07, 6.45) is -4.51. The molecular weight excluding hydrogens is 287 g/mol. The van der Waals surface area contributed by atoms with E-state index in [0.29, 0.717) is 0 Å². The summed E-state index contributed by atoms with van der Waals surface area (Å²) in [6.45, 7) is 4.49. The van der Waals surface area contributed by atoms with E-state index in [-0.39, 0.29) is 35.6 Å². The second kappa shape index (κ2) is 5.34. The van der Waals surface area contributed by atoms with Crippen molar-refractivity contribution in [3.63, 3.8) is 0 Å². The lowest BCUT2D eigenvalue weighted by Crippen LogP contribution is -2.15. The van der Waals surface area contributed by atoms with Gasteiger partial charge in [0.15, 0.2) is 5.65 Å². The first-order valence-electron chi connectivity index (χ1n) is 6.31. The molecule has 0 atom stereocenters. The van der Waals surface area contributed by atoms with Gasteiger partial charge in [-0.25, -0.2) is 9.67 Å². The predicted octanol–water partition coefficient (Wildman–Crippen LogP) is 2.63. The van der Waals surface area contributed by atoms with Crippen molar-refractivity contribution in [2.45, 2.75) is 33.5 Å². The molecule has 0 unspecified atom stereocenters. The molecule has 0 saturated heterocycles. The van der Waals surface area contributed by atoms with Gasteiger partial charge in [0.1, 0.15) is 6.54 Å². The van der Waals surface area contributed by atoms with Gasteiger partial charge in [0.05, 0.1) is 23.3 Å². The van der Waals surface area contributed by atoms with Crippen LogP contribution >= 0.6 is 0 Å². The number of aryl methyl sites for hydroxylation is 2. The Balaban J connectivity index is 2.61. The normalized spacial score (nSPS) is 11.9. The average Bonchev–Trinajstić information content (AvgIpc) is 2.64. The lowest BCUT2D eigenvalue weighted by molar-refractivity contribution is -0.144. The minimum Gasteiger partial charge on any atom is -0.465 e. The smallest absolute Gasteiger partial charge is 0.417 e. The van der Waals surface area contributed by atoms with E-state index in [1.165, 1.54) is 13.8 Å². The van der Waals surface area contributed by atoms with E-state index in [1.54, 1.807) is 6.92 Å². The van der Waals surface area contributed by atoms with Gasteiger partial charge >= 0.3 is 12.1 Å². The van der Waals surface area contributed by atoms with E-state index in [9.17, 15) is 18.0 Å². The molecule has 21 heavy (non-hydrogen) atoms. The lowest BCUT2D eigenvalue weighted by Gasteiger charge is -2.09. The largest absolute Gasteiger partial charge is 0.465 e. The highest BCUT2D eigenvalue weighted by atomic mass is 19.4. The minimum absolute atomic E-state index is 0.0351. The number of esters is 1. The molecule has 0 spiro atoms. The molecule has 0 aliphatic carbocycles. The Morgan fingerprint density at radius 1 is 1.38 bits per heavy atom. The molecule has 114 valence electrons. The molecule has 0 aliphatic rings. The third-order valence-corrected chi connectivity index (χ3v) is 2.90. The highest BCUT2D eigenvalue weighted by Crippen LogP contribution is 2.36. The standard InChI is InChI=1S/C13H14F3N3O2/c1-4-21-10(20)6-19-12-11(8(3)18-19)9(13(14,15)16)5-7(2)17-12/h5H,4,6H2,1-3H3. The fourth-order valence-corrected chi connectivity index (χ4v) is 2.14. The summed E-state index contributed by atoms with van der Waals surface area (Å²) in [5.41, 5.74) is -0.376. The molecule has 2 rings (SSSR count). The Kier molecular flexibility index (Phi) is 3.89. The number of rotatable bonds is 3. The zero-order valence-corrected chi connectivity index (χ0v) is 11.8. The number of halogens is 3. The number of hydrogen-bond donors (Lipinski definition) is 0. The van der Waals surface area contributed by atoms with Crippen LogP contribution < -0.4 is 0 Å². The maximum atomic E-state index is 13.1. The van der Waals surface area contributed by atoms with Gasteiger partial charge in [0, 0.05) is 5.69 Å². The minimum atomic E-state index is -4.51. The maximum Gasteiger partial charge on any atom is 0.417 e. The average molecular weight is 301 g/mol. The molecule has 0 saturated carbocycles. The Hall–Kier alpha value is -2.12. The maximum absolute atomic E-state index is 13.1. The molecule has 2 heterocycles. The highest BCUT2D eigenvalue weighted by Gasteiger charge is 2.35. The molecule has 2 aromatic rings. The van der Waals surface area contributed by atoms with Crippen molar-refractivity contribution in [1.29, 1.82) is 0 Å². The van der Waals surface area contributed by atoms with Crippen LogP contribution in [0, 0.1) is 13.8 Å². The Bertz CT molecular complexity index is 692. The van der Waals surface area contributed by atoms with E-state index < -0.39 is 17.7 Å². The quantitative estimate of drug-likeness (QED) is 0.818. The summed E-state index contributed by atoms with van der Waals surface area (Å²) in [5, 5.41) is 3.89. The van der Waals surface area contributed by atoms with Crippen LogP contribution in [-0.2, 0) is 22.3 Å². The third kappa shape index (κ3) is 2.98. The molecule has 0 fully saturated rings. The van der Waals surface area contributed by atoms with Crippen molar-refractivity contribution in [1.82, 2.24) is 14.8 Å². The van der Waals surface area contributed by atoms with Crippen molar-refractivity contribution < 1.29 is 22.7 Å². The summed E-state index contributed by atoms with van der Waals surface area (Å²) in [7, 11) is 0. The van der Waals surface area contributed by atoms with E-state index >= 15 is 0 Å². The molecule has 5 nitrogen and oxygen atoms in total. The summed E-state index contributed by atoms with van der Waals surface area (Å²) in [4.78, 5) is 15.6. The van der Waals surface area contributed by atoms with Crippen molar-refractivity contribution >= 4 is 17.0 Å². The van der Waals surface area contributed by atoms with Crippen LogP contribution in [0.5, 0.6) is 0 Å². The molecule has 0 radical (unpaired) electrons. The summed E-state index contributed by atoms with van der Waals surface area (Å²) < 4.78 is 45.3. The van der Waals surface area contributed by atoms with E-state index in [4.69, 9.17) is 4.74 Å². The number of alkyl halides is 3. The predicted molar refractivity (Wildman–Crippen MR) is 68.6 cm³/mol. The van der Waals surface area contributed by atoms with Gasteiger partial charge < -0.3 is 4.74 Å². The van der Waals surface area contributed by atoms with Crippen LogP contribution in [0.25, 0.3) is 11.0 Å². The topological polar surface area (TPSA) is 57.0 Å². The van der Waals surface area contributed by atoms with Crippen molar-refractivity contribution in [3.05, 3.63) is 23.0 Å². The molecule has 0 aliphatic heterocycles. The summed E-state index contributed by atoms with van der Waals surface area (Å²) in [6, 6.07) is 0.978. The molecule has 0 bridgehead atoms. The molecular formula is C13H14F3N3O2. The van der Waals surface area contributed by atoms with Crippen molar-refractivity contribution in [2.75, 3.05) is 6.61 Å². The van der Waals surface area contributed by atoms with Crippen molar-refractivity contribution in [3.8, 4) is 0 Å². The zero-order chi connectivity index (χ0) is 15.8. The van der Waals surface area contributed by atoms with Crippen LogP contribution in [-0.4, -0.2) is 27.3 Å². The number of carbonyl (C=O) groups excluding carboxylic acids is 1. The number of hydrogen-bond acceptors (Lipinski definition) is 4. The molecule has 8 heteroatoms. The molecule has 0 amide bonds. The van der Waals surface area contributed by atoms with Crippen LogP contribution in [0.1, 0.15) is 23.9 Å². The van der Waals surface area contributed by atoms with Gasteiger partial charge in [0.25, 0.3) is 0 Å². The Morgan fingerprint density at radius 3 is 2.62 bits per heavy atom. The highest BCUT2D eigenvalue weighted by molar-refractivity contribution is 5.84. The third-order valence-electron chi connectivity index (χ3n) is 2.90. The number of ether oxygens (including phenoxy) is 1. The van der Waals surface area contributed by atoms with Crippen LogP contribution in [0.15, 0.2) is 6.07 Å². The number of fused-ring (bicyclic) bond motifs is 1. The number of pyridine rings is 1. The van der Waals surface area contributed by atoms with Crippen LogP contribution in [0.2, 0.25) is 0 Å². The van der Waals surface area contributed by atoms with Gasteiger partial charge in [-0.3, -0.25) is 4.79 Å². The number of nitrogens with zero attached hydrogens (tertiary/aromatic N) is 3. The number of carbonyl (C=O) groups is 1. The lowest BCUT2D eigenvalue weighted by atomic mass is 10.1. The van der Waals surface area contributed by atoms with Gasteiger partial charge in [-0.05, 0) is 26.8 Å². The van der Waals surface area contributed by atoms with Crippen LogP contribution in [0.3, 0.4) is 0 Å². The second-order valence-electron chi connectivity index (χ2n) is 4.56. The van der Waals surface area contributed by atoms with Crippen molar-refractivity contribution in [2.24, 2.45) is 0 Å². The Labute approximate surface area is 118 Å². The summed E-state index contributed by atoms with van der Waals surface area (Å²) >= 11 is 0. The molecule has 2 aromatic heterocycles. The monoisotopic (exact) mass is 301 g/mol. The second-order valence-corrected chi connectivity index (χ2v) is 4.56. The van der Waals surface area contributed by atoms with Gasteiger partial charge in [-0.15, -0.1) is 0 Å². The Morgan fingerprint density at radius 2 is 2.05 bits per heavy atom. The fourth-order valence-electron chi connectivity index (χ4n) is 2.14. The van der Waals surface area contributed by atoms with E-state index in [1.807, 2.05) is 0 Å². The molecule has 0 aromatic carbocycles. The first-order chi connectivity index (χ1) is 9.74. The zero-order valence-electron chi connectivity index (χ0n) is 11.8. The van der Waals surface area contributed by atoms with Gasteiger partial charge in [0.2, 0.25) is 0 Å². The SMILES string of the molecule is CCOC(=O)Cn1nc(C)c2c(C(F)(F)F)cc(C)nc21. The van der Waals surface area contributed by atoms with Gasteiger partial charge in [-0.2, -0.15) is 18.3 Å². The fraction of sp³-hybridized carbons (Fsp3) is 0.462. The van der Waals surface area contributed by atoms with E-state index in [0.717, 1.165) is 10.7 Å².